The maximum absolute atomic E-state index is 12.7. The number of carbonyl (C=O) groups excluding carboxylic acids is 2. The van der Waals surface area contributed by atoms with Crippen LogP contribution < -0.4 is 0 Å². The molecule has 1 heterocycles. The van der Waals surface area contributed by atoms with Crippen LogP contribution in [0.1, 0.15) is 27.1 Å². The van der Waals surface area contributed by atoms with Gasteiger partial charge < -0.3 is 25.1 Å². The summed E-state index contributed by atoms with van der Waals surface area (Å²) in [6.07, 6.45) is 0.581. The maximum atomic E-state index is 12.7. The molecule has 2 aromatic rings. The SMILES string of the molecule is O=C(c1cc(O)c(O)c(O)c1)N1CCCN(C(=O)c2ccccc2Cl)CC1. The Hall–Kier alpha value is -2.93. The first-order valence-electron chi connectivity index (χ1n) is 8.46. The lowest BCUT2D eigenvalue weighted by molar-refractivity contribution is 0.0718. The van der Waals surface area contributed by atoms with Crippen molar-refractivity contribution in [2.24, 2.45) is 0 Å². The highest BCUT2D eigenvalue weighted by Gasteiger charge is 2.25. The minimum atomic E-state index is -0.668. The van der Waals surface area contributed by atoms with Crippen LogP contribution >= 0.6 is 11.6 Å². The first kappa shape index (κ1) is 18.8. The highest BCUT2D eigenvalue weighted by atomic mass is 35.5. The number of halogens is 1. The third-order valence-corrected chi connectivity index (χ3v) is 4.82. The fraction of sp³-hybridized carbons (Fsp3) is 0.263. The predicted octanol–water partition coefficient (Wildman–Crippen LogP) is 2.45. The Labute approximate surface area is 161 Å². The van der Waals surface area contributed by atoms with E-state index < -0.39 is 23.2 Å². The molecule has 1 aliphatic heterocycles. The van der Waals surface area contributed by atoms with Crippen LogP contribution in [-0.2, 0) is 0 Å². The zero-order valence-corrected chi connectivity index (χ0v) is 15.2. The monoisotopic (exact) mass is 390 g/mol. The molecule has 0 bridgehead atoms. The zero-order valence-electron chi connectivity index (χ0n) is 14.4. The van der Waals surface area contributed by atoms with Crippen molar-refractivity contribution in [2.45, 2.75) is 6.42 Å². The van der Waals surface area contributed by atoms with Crippen LogP contribution in [0.15, 0.2) is 36.4 Å². The Morgan fingerprint density at radius 1 is 0.852 bits per heavy atom. The third-order valence-electron chi connectivity index (χ3n) is 4.49. The first-order valence-corrected chi connectivity index (χ1v) is 8.84. The van der Waals surface area contributed by atoms with Gasteiger partial charge in [0.25, 0.3) is 11.8 Å². The molecule has 1 saturated heterocycles. The molecule has 3 N–H and O–H groups in total. The van der Waals surface area contributed by atoms with Gasteiger partial charge in [-0.25, -0.2) is 0 Å². The van der Waals surface area contributed by atoms with Crippen LogP contribution in [0.3, 0.4) is 0 Å². The lowest BCUT2D eigenvalue weighted by Crippen LogP contribution is -2.37. The number of nitrogens with zero attached hydrogens (tertiary/aromatic N) is 2. The Morgan fingerprint density at radius 2 is 1.41 bits per heavy atom. The van der Waals surface area contributed by atoms with Crippen LogP contribution in [0.25, 0.3) is 0 Å². The predicted molar refractivity (Wildman–Crippen MR) is 99.3 cm³/mol. The smallest absolute Gasteiger partial charge is 0.255 e. The first-order chi connectivity index (χ1) is 12.9. The molecule has 142 valence electrons. The van der Waals surface area contributed by atoms with Crippen LogP contribution in [0, 0.1) is 0 Å². The van der Waals surface area contributed by atoms with Gasteiger partial charge in [-0.2, -0.15) is 0 Å². The number of phenolic OH excluding ortho intramolecular Hbond substituents is 3. The van der Waals surface area contributed by atoms with E-state index in [4.69, 9.17) is 11.6 Å². The summed E-state index contributed by atoms with van der Waals surface area (Å²) in [5.41, 5.74) is 0.487. The summed E-state index contributed by atoms with van der Waals surface area (Å²) in [6.45, 7) is 1.55. The average Bonchev–Trinajstić information content (AvgIpc) is 2.91. The van der Waals surface area contributed by atoms with E-state index in [2.05, 4.69) is 0 Å². The Morgan fingerprint density at radius 3 is 2.00 bits per heavy atom. The fourth-order valence-corrected chi connectivity index (χ4v) is 3.26. The number of hydrogen-bond acceptors (Lipinski definition) is 5. The molecule has 0 radical (unpaired) electrons. The van der Waals surface area contributed by atoms with Crippen LogP contribution in [0.5, 0.6) is 17.2 Å². The Kier molecular flexibility index (Phi) is 5.41. The molecule has 0 saturated carbocycles. The summed E-state index contributed by atoms with van der Waals surface area (Å²) in [6, 6.07) is 9.04. The molecule has 27 heavy (non-hydrogen) atoms. The van der Waals surface area contributed by atoms with Gasteiger partial charge in [-0.15, -0.1) is 0 Å². The van der Waals surface area contributed by atoms with Crippen molar-refractivity contribution in [1.82, 2.24) is 9.80 Å². The summed E-state index contributed by atoms with van der Waals surface area (Å²) in [4.78, 5) is 28.6. The normalized spacial score (nSPS) is 14.7. The van der Waals surface area contributed by atoms with E-state index in [0.717, 1.165) is 12.1 Å². The van der Waals surface area contributed by atoms with Crippen LogP contribution in [0.2, 0.25) is 5.02 Å². The van der Waals surface area contributed by atoms with Crippen molar-refractivity contribution in [1.29, 1.82) is 0 Å². The van der Waals surface area contributed by atoms with Gasteiger partial charge in [-0.1, -0.05) is 23.7 Å². The second-order valence-electron chi connectivity index (χ2n) is 6.28. The van der Waals surface area contributed by atoms with E-state index in [1.807, 2.05) is 0 Å². The van der Waals surface area contributed by atoms with E-state index in [1.54, 1.807) is 34.1 Å². The minimum absolute atomic E-state index is 0.0636. The molecule has 2 amide bonds. The van der Waals surface area contributed by atoms with Gasteiger partial charge in [0.15, 0.2) is 17.2 Å². The lowest BCUT2D eigenvalue weighted by Gasteiger charge is -2.23. The highest BCUT2D eigenvalue weighted by molar-refractivity contribution is 6.33. The van der Waals surface area contributed by atoms with Gasteiger partial charge in [0.05, 0.1) is 10.6 Å². The number of rotatable bonds is 2. The van der Waals surface area contributed by atoms with Gasteiger partial charge in [-0.3, -0.25) is 9.59 Å². The standard InChI is InChI=1S/C19H19ClN2O5/c20-14-5-2-1-4-13(14)19(27)22-7-3-6-21(8-9-22)18(26)12-10-15(23)17(25)16(24)11-12/h1-2,4-5,10-11,23-25H,3,6-9H2. The molecule has 2 aromatic carbocycles. The molecule has 1 fully saturated rings. The summed E-state index contributed by atoms with van der Waals surface area (Å²) in [7, 11) is 0. The molecule has 0 spiro atoms. The van der Waals surface area contributed by atoms with Gasteiger partial charge in [-0.05, 0) is 30.7 Å². The third kappa shape index (κ3) is 3.93. The fourth-order valence-electron chi connectivity index (χ4n) is 3.04. The molecule has 8 heteroatoms. The summed E-state index contributed by atoms with van der Waals surface area (Å²) in [5.74, 6) is -2.38. The number of hydrogen-bond donors (Lipinski definition) is 3. The molecule has 0 aliphatic carbocycles. The number of carbonyl (C=O) groups is 2. The molecule has 0 unspecified atom stereocenters. The number of phenols is 3. The van der Waals surface area contributed by atoms with Crippen molar-refractivity contribution in [3.05, 3.63) is 52.5 Å². The van der Waals surface area contributed by atoms with E-state index in [-0.39, 0.29) is 11.5 Å². The van der Waals surface area contributed by atoms with Crippen molar-refractivity contribution in [3.63, 3.8) is 0 Å². The van der Waals surface area contributed by atoms with Crippen molar-refractivity contribution >= 4 is 23.4 Å². The number of aromatic hydroxyl groups is 3. The summed E-state index contributed by atoms with van der Waals surface area (Å²) < 4.78 is 0. The van der Waals surface area contributed by atoms with Gasteiger partial charge in [0.2, 0.25) is 0 Å². The van der Waals surface area contributed by atoms with E-state index in [1.165, 1.54) is 0 Å². The van der Waals surface area contributed by atoms with E-state index in [9.17, 15) is 24.9 Å². The second kappa shape index (κ2) is 7.75. The molecule has 7 nitrogen and oxygen atoms in total. The Balaban J connectivity index is 1.72. The number of amides is 2. The quantitative estimate of drug-likeness (QED) is 0.684. The highest BCUT2D eigenvalue weighted by Crippen LogP contribution is 2.35. The van der Waals surface area contributed by atoms with E-state index in [0.29, 0.717) is 43.2 Å². The number of benzene rings is 2. The topological polar surface area (TPSA) is 101 Å². The Bertz CT molecular complexity index is 863. The molecular formula is C19H19ClN2O5. The van der Waals surface area contributed by atoms with Crippen molar-refractivity contribution in [3.8, 4) is 17.2 Å². The van der Waals surface area contributed by atoms with Gasteiger partial charge in [0.1, 0.15) is 0 Å². The van der Waals surface area contributed by atoms with Crippen LogP contribution in [0.4, 0.5) is 0 Å². The van der Waals surface area contributed by atoms with Crippen LogP contribution in [-0.4, -0.2) is 63.1 Å². The summed E-state index contributed by atoms with van der Waals surface area (Å²) >= 11 is 6.10. The van der Waals surface area contributed by atoms with Crippen molar-refractivity contribution < 1.29 is 24.9 Å². The molecule has 3 rings (SSSR count). The molecular weight excluding hydrogens is 372 g/mol. The lowest BCUT2D eigenvalue weighted by atomic mass is 10.1. The maximum Gasteiger partial charge on any atom is 0.255 e. The summed E-state index contributed by atoms with van der Waals surface area (Å²) in [5, 5.41) is 29.0. The average molecular weight is 391 g/mol. The van der Waals surface area contributed by atoms with Crippen molar-refractivity contribution in [2.75, 3.05) is 26.2 Å². The molecule has 0 atom stereocenters. The molecule has 1 aliphatic rings. The van der Waals surface area contributed by atoms with Gasteiger partial charge >= 0.3 is 0 Å². The minimum Gasteiger partial charge on any atom is -0.504 e. The van der Waals surface area contributed by atoms with Gasteiger partial charge in [0, 0.05) is 31.7 Å². The largest absolute Gasteiger partial charge is 0.504 e. The second-order valence-corrected chi connectivity index (χ2v) is 6.69. The van der Waals surface area contributed by atoms with E-state index >= 15 is 0 Å². The molecule has 0 aromatic heterocycles. The zero-order chi connectivity index (χ0) is 19.6.